The highest BCUT2D eigenvalue weighted by atomic mass is 16.6. The van der Waals surface area contributed by atoms with Gasteiger partial charge in [0.1, 0.15) is 0 Å². The van der Waals surface area contributed by atoms with Gasteiger partial charge in [0.25, 0.3) is 5.91 Å². The molecule has 4 rings (SSSR count). The number of nitrogens with two attached hydrogens (primary N) is 1. The van der Waals surface area contributed by atoms with E-state index in [0.29, 0.717) is 56.5 Å². The van der Waals surface area contributed by atoms with Crippen LogP contribution < -0.4 is 15.9 Å². The number of carbonyl (C=O) groups excluding carboxylic acids is 1. The van der Waals surface area contributed by atoms with Crippen molar-refractivity contribution in [3.8, 4) is 17.3 Å². The van der Waals surface area contributed by atoms with Crippen molar-refractivity contribution in [2.75, 3.05) is 38.6 Å². The van der Waals surface area contributed by atoms with Gasteiger partial charge in [-0.2, -0.15) is 9.78 Å². The van der Waals surface area contributed by atoms with E-state index in [2.05, 4.69) is 40.7 Å². The van der Waals surface area contributed by atoms with Gasteiger partial charge >= 0.3 is 0 Å². The van der Waals surface area contributed by atoms with Gasteiger partial charge in [0.15, 0.2) is 17.2 Å². The molecule has 0 aliphatic carbocycles. The molecule has 0 unspecified atom stereocenters. The van der Waals surface area contributed by atoms with Crippen molar-refractivity contribution in [1.29, 1.82) is 0 Å². The van der Waals surface area contributed by atoms with E-state index in [1.807, 2.05) is 6.92 Å². The monoisotopic (exact) mass is 457 g/mol. The van der Waals surface area contributed by atoms with Crippen LogP contribution in [-0.2, 0) is 11.3 Å². The van der Waals surface area contributed by atoms with Crippen LogP contribution in [0, 0.1) is 0 Å². The largest absolute Gasteiger partial charge is 0.504 e. The molecule has 1 saturated heterocycles. The van der Waals surface area contributed by atoms with Gasteiger partial charge in [-0.1, -0.05) is 5.21 Å². The number of carbonyl (C=O) groups is 1. The molecule has 0 radical (unpaired) electrons. The summed E-state index contributed by atoms with van der Waals surface area (Å²) in [6.45, 7) is 5.09. The molecule has 174 valence electrons. The lowest BCUT2D eigenvalue weighted by molar-refractivity contribution is 0.0332. The standard InChI is InChI=1S/C19H23N9O5/c1-2-32-15-9-12(3-4-14(15)29)10-21-23-19(30)16-13(11-27-5-7-31-8-6-27)28(26-22-16)18-17(20)24-33-25-18/h3-4,9-10,29H,2,5-8,11H2,1H3,(H2,20,24)(H,23,30). The van der Waals surface area contributed by atoms with Gasteiger partial charge in [0, 0.05) is 19.6 Å². The Balaban J connectivity index is 1.54. The Morgan fingerprint density at radius 2 is 2.18 bits per heavy atom. The van der Waals surface area contributed by atoms with Crippen LogP contribution >= 0.6 is 0 Å². The van der Waals surface area contributed by atoms with E-state index in [-0.39, 0.29) is 23.1 Å². The lowest BCUT2D eigenvalue weighted by atomic mass is 10.2. The zero-order valence-electron chi connectivity index (χ0n) is 17.8. The van der Waals surface area contributed by atoms with E-state index in [0.717, 1.165) is 0 Å². The average molecular weight is 457 g/mol. The molecule has 1 amide bonds. The van der Waals surface area contributed by atoms with E-state index in [9.17, 15) is 9.90 Å². The molecule has 1 aliphatic heterocycles. The molecule has 0 atom stereocenters. The maximum Gasteiger partial charge on any atom is 0.293 e. The number of nitrogens with one attached hydrogen (secondary N) is 1. The first-order chi connectivity index (χ1) is 16.1. The molecule has 1 aliphatic rings. The van der Waals surface area contributed by atoms with Crippen molar-refractivity contribution in [1.82, 2.24) is 35.6 Å². The Bertz CT molecular complexity index is 1140. The predicted molar refractivity (Wildman–Crippen MR) is 114 cm³/mol. The topological polar surface area (TPSA) is 179 Å². The number of aromatic hydroxyl groups is 1. The summed E-state index contributed by atoms with van der Waals surface area (Å²) in [5.41, 5.74) is 9.38. The van der Waals surface area contributed by atoms with E-state index in [1.165, 1.54) is 17.0 Å². The Kier molecular flexibility index (Phi) is 6.75. The number of hydrogen-bond acceptors (Lipinski definition) is 12. The first-order valence-electron chi connectivity index (χ1n) is 10.2. The van der Waals surface area contributed by atoms with Crippen molar-refractivity contribution in [2.45, 2.75) is 13.5 Å². The van der Waals surface area contributed by atoms with Crippen LogP contribution in [0.5, 0.6) is 11.5 Å². The molecular formula is C19H23N9O5. The zero-order chi connectivity index (χ0) is 23.2. The molecule has 0 spiro atoms. The van der Waals surface area contributed by atoms with Gasteiger partial charge in [0.05, 0.1) is 31.7 Å². The summed E-state index contributed by atoms with van der Waals surface area (Å²) in [6, 6.07) is 4.72. The van der Waals surface area contributed by atoms with Crippen molar-refractivity contribution < 1.29 is 24.0 Å². The number of aromatic nitrogens is 5. The predicted octanol–water partition coefficient (Wildman–Crippen LogP) is -0.0671. The number of benzene rings is 1. The highest BCUT2D eigenvalue weighted by Gasteiger charge is 2.26. The molecular weight excluding hydrogens is 434 g/mol. The number of phenols is 1. The molecule has 2 aromatic heterocycles. The number of hydrazone groups is 1. The minimum absolute atomic E-state index is 0.0176. The fraction of sp³-hybridized carbons (Fsp3) is 0.368. The molecule has 3 aromatic rings. The second kappa shape index (κ2) is 10.1. The minimum Gasteiger partial charge on any atom is -0.504 e. The summed E-state index contributed by atoms with van der Waals surface area (Å²) in [5.74, 6) is -0.0719. The number of nitrogen functional groups attached to an aromatic ring is 1. The first-order valence-corrected chi connectivity index (χ1v) is 10.2. The second-order valence-corrected chi connectivity index (χ2v) is 7.02. The number of hydrogen-bond donors (Lipinski definition) is 3. The molecule has 4 N–H and O–H groups in total. The van der Waals surface area contributed by atoms with Crippen molar-refractivity contribution in [3.05, 3.63) is 35.2 Å². The third-order valence-electron chi connectivity index (χ3n) is 4.81. The normalized spacial score (nSPS) is 14.6. The fourth-order valence-corrected chi connectivity index (χ4v) is 3.20. The van der Waals surface area contributed by atoms with Gasteiger partial charge < -0.3 is 20.3 Å². The first kappa shape index (κ1) is 22.2. The van der Waals surface area contributed by atoms with E-state index >= 15 is 0 Å². The number of amides is 1. The Morgan fingerprint density at radius 3 is 2.91 bits per heavy atom. The maximum absolute atomic E-state index is 12.8. The average Bonchev–Trinajstić information content (AvgIpc) is 3.42. The van der Waals surface area contributed by atoms with Crippen LogP contribution in [0.4, 0.5) is 5.82 Å². The number of anilines is 1. The fourth-order valence-electron chi connectivity index (χ4n) is 3.20. The number of morpholine rings is 1. The van der Waals surface area contributed by atoms with Crippen molar-refractivity contribution in [2.24, 2.45) is 5.10 Å². The number of ether oxygens (including phenoxy) is 2. The quantitative estimate of drug-likeness (QED) is 0.304. The van der Waals surface area contributed by atoms with Gasteiger partial charge in [-0.25, -0.2) is 10.1 Å². The van der Waals surface area contributed by atoms with Crippen molar-refractivity contribution in [3.63, 3.8) is 0 Å². The third kappa shape index (κ3) is 5.07. The molecule has 0 bridgehead atoms. The van der Waals surface area contributed by atoms with E-state index in [1.54, 1.807) is 12.1 Å². The van der Waals surface area contributed by atoms with Gasteiger partial charge in [-0.15, -0.1) is 5.10 Å². The SMILES string of the molecule is CCOc1cc(C=NNC(=O)c2nnn(-c3nonc3N)c2CN2CCOCC2)ccc1O. The summed E-state index contributed by atoms with van der Waals surface area (Å²) in [7, 11) is 0. The van der Waals surface area contributed by atoms with Crippen LogP contribution in [0.3, 0.4) is 0 Å². The van der Waals surface area contributed by atoms with Gasteiger partial charge in [0.2, 0.25) is 11.6 Å². The lowest BCUT2D eigenvalue weighted by Gasteiger charge is -2.26. The second-order valence-electron chi connectivity index (χ2n) is 7.02. The van der Waals surface area contributed by atoms with Crippen LogP contribution in [0.15, 0.2) is 27.9 Å². The van der Waals surface area contributed by atoms with E-state index in [4.69, 9.17) is 15.2 Å². The van der Waals surface area contributed by atoms with Crippen LogP contribution in [-0.4, -0.2) is 80.3 Å². The summed E-state index contributed by atoms with van der Waals surface area (Å²) < 4.78 is 16.7. The number of phenolic OH excluding ortho intramolecular Hbond substituents is 1. The molecule has 33 heavy (non-hydrogen) atoms. The summed E-state index contributed by atoms with van der Waals surface area (Å²) in [6.07, 6.45) is 1.42. The molecule has 0 saturated carbocycles. The highest BCUT2D eigenvalue weighted by molar-refractivity contribution is 5.94. The van der Waals surface area contributed by atoms with Crippen molar-refractivity contribution >= 4 is 17.9 Å². The minimum atomic E-state index is -0.570. The molecule has 14 heteroatoms. The molecule has 14 nitrogen and oxygen atoms in total. The number of nitrogens with zero attached hydrogens (tertiary/aromatic N) is 7. The summed E-state index contributed by atoms with van der Waals surface area (Å²) >= 11 is 0. The van der Waals surface area contributed by atoms with Gasteiger partial charge in [-0.05, 0) is 41.0 Å². The van der Waals surface area contributed by atoms with Crippen LogP contribution in [0.25, 0.3) is 5.82 Å². The molecule has 3 heterocycles. The molecule has 1 aromatic carbocycles. The Morgan fingerprint density at radius 1 is 1.36 bits per heavy atom. The Hall–Kier alpha value is -4.04. The zero-order valence-corrected chi connectivity index (χ0v) is 17.8. The molecule has 1 fully saturated rings. The van der Waals surface area contributed by atoms with Crippen LogP contribution in [0.1, 0.15) is 28.7 Å². The van der Waals surface area contributed by atoms with E-state index < -0.39 is 5.91 Å². The smallest absolute Gasteiger partial charge is 0.293 e. The third-order valence-corrected chi connectivity index (χ3v) is 4.81. The summed E-state index contributed by atoms with van der Waals surface area (Å²) in [5, 5.41) is 29.1. The van der Waals surface area contributed by atoms with Crippen LogP contribution in [0.2, 0.25) is 0 Å². The number of rotatable bonds is 8. The lowest BCUT2D eigenvalue weighted by Crippen LogP contribution is -2.37. The maximum atomic E-state index is 12.8. The Labute approximate surface area is 187 Å². The van der Waals surface area contributed by atoms with Gasteiger partial charge in [-0.3, -0.25) is 9.69 Å². The summed E-state index contributed by atoms with van der Waals surface area (Å²) in [4.78, 5) is 14.9. The highest BCUT2D eigenvalue weighted by Crippen LogP contribution is 2.26.